The molecule has 6 nitrogen and oxygen atoms in total. The van der Waals surface area contributed by atoms with Crippen molar-refractivity contribution in [2.24, 2.45) is 0 Å². The zero-order valence-corrected chi connectivity index (χ0v) is 15.5. The molecule has 3 amide bonds. The zero-order valence-electron chi connectivity index (χ0n) is 13.9. The molecule has 0 saturated heterocycles. The van der Waals surface area contributed by atoms with Crippen LogP contribution in [-0.4, -0.2) is 30.3 Å². The van der Waals surface area contributed by atoms with Crippen molar-refractivity contribution in [2.75, 3.05) is 11.9 Å². The molecule has 0 aromatic heterocycles. The number of rotatable bonds is 6. The van der Waals surface area contributed by atoms with Crippen molar-refractivity contribution in [3.63, 3.8) is 0 Å². The zero-order chi connectivity index (χ0) is 18.5. The van der Waals surface area contributed by atoms with E-state index in [-0.39, 0.29) is 30.3 Å². The summed E-state index contributed by atoms with van der Waals surface area (Å²) in [5.41, 5.74) is 1.46. The van der Waals surface area contributed by atoms with Crippen molar-refractivity contribution < 1.29 is 14.4 Å². The lowest BCUT2D eigenvalue weighted by Crippen LogP contribution is -2.33. The SMILES string of the molecule is O=C(CNC(=O)c1ccccc1Br)Nc1cccc(C(=O)NC2CC2)c1. The van der Waals surface area contributed by atoms with Crippen LogP contribution in [0.25, 0.3) is 0 Å². The van der Waals surface area contributed by atoms with E-state index in [4.69, 9.17) is 0 Å². The molecular formula is C19H18BrN3O3. The highest BCUT2D eigenvalue weighted by Crippen LogP contribution is 2.20. The molecule has 2 aromatic carbocycles. The highest BCUT2D eigenvalue weighted by atomic mass is 79.9. The maximum absolute atomic E-state index is 12.1. The van der Waals surface area contributed by atoms with E-state index < -0.39 is 0 Å². The summed E-state index contributed by atoms with van der Waals surface area (Å²) >= 11 is 3.30. The van der Waals surface area contributed by atoms with Gasteiger partial charge in [-0.05, 0) is 59.1 Å². The van der Waals surface area contributed by atoms with Crippen molar-refractivity contribution in [1.29, 1.82) is 0 Å². The molecule has 1 fully saturated rings. The van der Waals surface area contributed by atoms with Crippen LogP contribution in [0.4, 0.5) is 5.69 Å². The van der Waals surface area contributed by atoms with E-state index >= 15 is 0 Å². The largest absolute Gasteiger partial charge is 0.349 e. The molecule has 7 heteroatoms. The molecule has 0 unspecified atom stereocenters. The second-order valence-electron chi connectivity index (χ2n) is 6.04. The Morgan fingerprint density at radius 1 is 1.00 bits per heavy atom. The maximum Gasteiger partial charge on any atom is 0.252 e. The second kappa shape index (κ2) is 8.14. The normalized spacial score (nSPS) is 13.0. The lowest BCUT2D eigenvalue weighted by molar-refractivity contribution is -0.115. The predicted octanol–water partition coefficient (Wildman–Crippen LogP) is 2.71. The summed E-state index contributed by atoms with van der Waals surface area (Å²) in [6, 6.07) is 14.0. The Kier molecular flexibility index (Phi) is 5.68. The fraction of sp³-hybridized carbons (Fsp3) is 0.211. The van der Waals surface area contributed by atoms with Crippen LogP contribution in [0.1, 0.15) is 33.6 Å². The summed E-state index contributed by atoms with van der Waals surface area (Å²) in [7, 11) is 0. The fourth-order valence-corrected chi connectivity index (χ4v) is 2.81. The molecule has 2 aromatic rings. The van der Waals surface area contributed by atoms with E-state index in [0.717, 1.165) is 12.8 Å². The van der Waals surface area contributed by atoms with Gasteiger partial charge in [-0.2, -0.15) is 0 Å². The van der Waals surface area contributed by atoms with Crippen LogP contribution in [0.3, 0.4) is 0 Å². The second-order valence-corrected chi connectivity index (χ2v) is 6.89. The lowest BCUT2D eigenvalue weighted by atomic mass is 10.2. The van der Waals surface area contributed by atoms with Crippen LogP contribution < -0.4 is 16.0 Å². The fourth-order valence-electron chi connectivity index (χ4n) is 2.34. The van der Waals surface area contributed by atoms with E-state index in [1.165, 1.54) is 0 Å². The van der Waals surface area contributed by atoms with Crippen molar-refractivity contribution in [2.45, 2.75) is 18.9 Å². The number of hydrogen-bond acceptors (Lipinski definition) is 3. The molecule has 0 spiro atoms. The number of nitrogens with one attached hydrogen (secondary N) is 3. The van der Waals surface area contributed by atoms with Gasteiger partial charge in [0.2, 0.25) is 5.91 Å². The first-order valence-electron chi connectivity index (χ1n) is 8.26. The molecule has 1 aliphatic carbocycles. The Morgan fingerprint density at radius 2 is 1.77 bits per heavy atom. The van der Waals surface area contributed by atoms with Gasteiger partial charge in [-0.25, -0.2) is 0 Å². The van der Waals surface area contributed by atoms with Gasteiger partial charge in [-0.15, -0.1) is 0 Å². The van der Waals surface area contributed by atoms with E-state index in [2.05, 4.69) is 31.9 Å². The molecule has 0 aliphatic heterocycles. The summed E-state index contributed by atoms with van der Waals surface area (Å²) in [6.45, 7) is -0.168. The molecule has 0 heterocycles. The first-order chi connectivity index (χ1) is 12.5. The van der Waals surface area contributed by atoms with Crippen LogP contribution in [0.5, 0.6) is 0 Å². The van der Waals surface area contributed by atoms with Crippen molar-refractivity contribution in [3.05, 3.63) is 64.1 Å². The summed E-state index contributed by atoms with van der Waals surface area (Å²) in [4.78, 5) is 36.2. The van der Waals surface area contributed by atoms with Gasteiger partial charge in [0, 0.05) is 21.8 Å². The smallest absolute Gasteiger partial charge is 0.252 e. The van der Waals surface area contributed by atoms with Gasteiger partial charge >= 0.3 is 0 Å². The van der Waals surface area contributed by atoms with Gasteiger partial charge in [0.05, 0.1) is 12.1 Å². The Morgan fingerprint density at radius 3 is 2.50 bits per heavy atom. The number of carbonyl (C=O) groups is 3. The monoisotopic (exact) mass is 415 g/mol. The Hall–Kier alpha value is -2.67. The first kappa shape index (κ1) is 18.1. The third-order valence-electron chi connectivity index (χ3n) is 3.85. The minimum atomic E-state index is -0.370. The topological polar surface area (TPSA) is 87.3 Å². The van der Waals surface area contributed by atoms with Gasteiger partial charge in [0.1, 0.15) is 0 Å². The van der Waals surface area contributed by atoms with Gasteiger partial charge < -0.3 is 16.0 Å². The van der Waals surface area contributed by atoms with Gasteiger partial charge in [0.25, 0.3) is 11.8 Å². The summed E-state index contributed by atoms with van der Waals surface area (Å²) in [5.74, 6) is -0.860. The van der Waals surface area contributed by atoms with Gasteiger partial charge in [-0.3, -0.25) is 14.4 Å². The molecule has 134 valence electrons. The molecule has 3 N–H and O–H groups in total. The average Bonchev–Trinajstić information content (AvgIpc) is 3.44. The highest BCUT2D eigenvalue weighted by molar-refractivity contribution is 9.10. The molecule has 1 aliphatic rings. The van der Waals surface area contributed by atoms with E-state index in [1.54, 1.807) is 48.5 Å². The van der Waals surface area contributed by atoms with Crippen LogP contribution in [0, 0.1) is 0 Å². The Balaban J connectivity index is 1.54. The molecule has 26 heavy (non-hydrogen) atoms. The van der Waals surface area contributed by atoms with Gasteiger partial charge in [0.15, 0.2) is 0 Å². The number of benzene rings is 2. The van der Waals surface area contributed by atoms with Crippen molar-refractivity contribution in [3.8, 4) is 0 Å². The number of anilines is 1. The predicted molar refractivity (Wildman–Crippen MR) is 102 cm³/mol. The molecular weight excluding hydrogens is 398 g/mol. The number of halogens is 1. The van der Waals surface area contributed by atoms with Crippen LogP contribution in [-0.2, 0) is 4.79 Å². The van der Waals surface area contributed by atoms with E-state index in [0.29, 0.717) is 21.3 Å². The van der Waals surface area contributed by atoms with Crippen LogP contribution in [0.2, 0.25) is 0 Å². The minimum absolute atomic E-state index is 0.147. The number of amides is 3. The Labute approximate surface area is 159 Å². The van der Waals surface area contributed by atoms with E-state index in [9.17, 15) is 14.4 Å². The minimum Gasteiger partial charge on any atom is -0.349 e. The quantitative estimate of drug-likeness (QED) is 0.677. The third kappa shape index (κ3) is 4.92. The van der Waals surface area contributed by atoms with E-state index in [1.807, 2.05) is 0 Å². The maximum atomic E-state index is 12.1. The third-order valence-corrected chi connectivity index (χ3v) is 4.54. The molecule has 0 bridgehead atoms. The Bertz CT molecular complexity index is 849. The number of carbonyl (C=O) groups excluding carboxylic acids is 3. The van der Waals surface area contributed by atoms with Crippen molar-refractivity contribution in [1.82, 2.24) is 10.6 Å². The highest BCUT2D eigenvalue weighted by Gasteiger charge is 2.23. The molecule has 0 atom stereocenters. The van der Waals surface area contributed by atoms with Gasteiger partial charge in [-0.1, -0.05) is 18.2 Å². The summed E-state index contributed by atoms with van der Waals surface area (Å²) in [5, 5.41) is 8.15. The summed E-state index contributed by atoms with van der Waals surface area (Å²) < 4.78 is 0.660. The average molecular weight is 416 g/mol. The molecule has 3 rings (SSSR count). The van der Waals surface area contributed by atoms with Crippen LogP contribution >= 0.6 is 15.9 Å². The lowest BCUT2D eigenvalue weighted by Gasteiger charge is -2.09. The van der Waals surface area contributed by atoms with Crippen LogP contribution in [0.15, 0.2) is 53.0 Å². The summed E-state index contributed by atoms with van der Waals surface area (Å²) in [6.07, 6.45) is 2.03. The molecule has 0 radical (unpaired) electrons. The standard InChI is InChI=1S/C19H18BrN3O3/c20-16-7-2-1-6-15(16)19(26)21-11-17(24)22-14-5-3-4-12(10-14)18(25)23-13-8-9-13/h1-7,10,13H,8-9,11H2,(H,21,26)(H,22,24)(H,23,25). The van der Waals surface area contributed by atoms with Crippen molar-refractivity contribution >= 4 is 39.3 Å². The number of hydrogen-bond donors (Lipinski definition) is 3. The first-order valence-corrected chi connectivity index (χ1v) is 9.06. The molecule has 1 saturated carbocycles.